The van der Waals surface area contributed by atoms with Crippen molar-refractivity contribution in [2.45, 2.75) is 32.0 Å². The summed E-state index contributed by atoms with van der Waals surface area (Å²) >= 11 is 0. The van der Waals surface area contributed by atoms with Crippen LogP contribution in [0.2, 0.25) is 0 Å². The largest absolute Gasteiger partial charge is 0.390 e. The summed E-state index contributed by atoms with van der Waals surface area (Å²) in [6.07, 6.45) is 0.0604. The number of halogens is 3. The van der Waals surface area contributed by atoms with Crippen LogP contribution in [-0.2, 0) is 6.54 Å². The third kappa shape index (κ3) is 7.59. The van der Waals surface area contributed by atoms with Gasteiger partial charge in [0.1, 0.15) is 12.7 Å². The molecule has 0 spiro atoms. The average molecular weight is 292 g/mol. The molecule has 0 saturated carbocycles. The topological polar surface area (TPSA) is 67.1 Å². The van der Waals surface area contributed by atoms with E-state index in [2.05, 4.69) is 25.8 Å². The molecule has 6 nitrogen and oxygen atoms in total. The van der Waals surface area contributed by atoms with Crippen LogP contribution in [0, 0.1) is 0 Å². The Morgan fingerprint density at radius 3 is 2.40 bits per heavy atom. The first-order chi connectivity index (χ1) is 9.51. The first-order valence-corrected chi connectivity index (χ1v) is 6.35. The van der Waals surface area contributed by atoms with E-state index in [1.807, 2.05) is 4.57 Å². The Morgan fingerprint density at radius 1 is 1.15 bits per heavy atom. The fourth-order valence-electron chi connectivity index (χ4n) is 1.51. The normalized spacial score (nSPS) is 12.5. The highest BCUT2D eigenvalue weighted by Crippen LogP contribution is 2.17. The van der Waals surface area contributed by atoms with Crippen LogP contribution in [0.4, 0.5) is 13.2 Å². The van der Waals surface area contributed by atoms with E-state index in [1.165, 1.54) is 7.05 Å². The van der Waals surface area contributed by atoms with Gasteiger partial charge in [0.2, 0.25) is 0 Å². The van der Waals surface area contributed by atoms with Crippen molar-refractivity contribution in [1.82, 2.24) is 25.4 Å². The lowest BCUT2D eigenvalue weighted by Gasteiger charge is -2.12. The second-order valence-electron chi connectivity index (χ2n) is 4.20. The number of aryl methyl sites for hydroxylation is 1. The molecule has 0 saturated heterocycles. The third-order valence-corrected chi connectivity index (χ3v) is 2.53. The van der Waals surface area contributed by atoms with Gasteiger partial charge in [0.15, 0.2) is 5.96 Å². The average Bonchev–Trinajstić information content (AvgIpc) is 2.88. The van der Waals surface area contributed by atoms with E-state index in [1.54, 1.807) is 12.7 Å². The van der Waals surface area contributed by atoms with E-state index in [9.17, 15) is 13.2 Å². The van der Waals surface area contributed by atoms with E-state index in [-0.39, 0.29) is 6.54 Å². The maximum atomic E-state index is 12.0. The summed E-state index contributed by atoms with van der Waals surface area (Å²) in [6.45, 7) is 1.28. The number of nitrogens with one attached hydrogen (secondary N) is 2. The predicted molar refractivity (Wildman–Crippen MR) is 69.3 cm³/mol. The lowest BCUT2D eigenvalue weighted by atomic mass is 10.3. The maximum Gasteiger partial charge on any atom is 0.390 e. The fourth-order valence-corrected chi connectivity index (χ4v) is 1.51. The number of rotatable bonds is 7. The van der Waals surface area contributed by atoms with Crippen LogP contribution in [0.3, 0.4) is 0 Å². The second kappa shape index (κ2) is 8.39. The van der Waals surface area contributed by atoms with Crippen LogP contribution in [0.25, 0.3) is 0 Å². The summed E-state index contributed by atoms with van der Waals surface area (Å²) in [6, 6.07) is 0. The molecule has 1 aromatic heterocycles. The predicted octanol–water partition coefficient (Wildman–Crippen LogP) is 1.18. The highest BCUT2D eigenvalue weighted by atomic mass is 19.4. The SMILES string of the molecule is CN=C(NCCCCn1cnnc1)NCCC(F)(F)F. The van der Waals surface area contributed by atoms with Gasteiger partial charge in [-0.3, -0.25) is 4.99 Å². The number of alkyl halides is 3. The summed E-state index contributed by atoms with van der Waals surface area (Å²) < 4.78 is 37.8. The smallest absolute Gasteiger partial charge is 0.356 e. The van der Waals surface area contributed by atoms with Crippen molar-refractivity contribution in [3.05, 3.63) is 12.7 Å². The molecule has 0 unspecified atom stereocenters. The van der Waals surface area contributed by atoms with Crippen LogP contribution in [-0.4, -0.2) is 47.0 Å². The molecule has 9 heteroatoms. The van der Waals surface area contributed by atoms with Gasteiger partial charge in [0, 0.05) is 26.7 Å². The molecular weight excluding hydrogens is 273 g/mol. The van der Waals surface area contributed by atoms with Crippen molar-refractivity contribution in [3.63, 3.8) is 0 Å². The minimum atomic E-state index is -4.15. The van der Waals surface area contributed by atoms with Crippen molar-refractivity contribution in [1.29, 1.82) is 0 Å². The monoisotopic (exact) mass is 292 g/mol. The molecular formula is C11H19F3N6. The van der Waals surface area contributed by atoms with Crippen molar-refractivity contribution < 1.29 is 13.2 Å². The van der Waals surface area contributed by atoms with Crippen LogP contribution < -0.4 is 10.6 Å². The van der Waals surface area contributed by atoms with Gasteiger partial charge in [0.05, 0.1) is 6.42 Å². The van der Waals surface area contributed by atoms with Crippen molar-refractivity contribution in [2.75, 3.05) is 20.1 Å². The molecule has 1 aromatic rings. The minimum absolute atomic E-state index is 0.177. The fraction of sp³-hybridized carbons (Fsp3) is 0.727. The number of hydrogen-bond donors (Lipinski definition) is 2. The molecule has 2 N–H and O–H groups in total. The maximum absolute atomic E-state index is 12.0. The van der Waals surface area contributed by atoms with E-state index in [4.69, 9.17) is 0 Å². The van der Waals surface area contributed by atoms with Crippen LogP contribution in [0.1, 0.15) is 19.3 Å². The molecule has 0 aliphatic heterocycles. The first-order valence-electron chi connectivity index (χ1n) is 6.35. The lowest BCUT2D eigenvalue weighted by molar-refractivity contribution is -0.132. The van der Waals surface area contributed by atoms with E-state index < -0.39 is 12.6 Å². The molecule has 0 aliphatic rings. The molecule has 0 radical (unpaired) electrons. The quantitative estimate of drug-likeness (QED) is 0.450. The van der Waals surface area contributed by atoms with Crippen molar-refractivity contribution in [2.24, 2.45) is 4.99 Å². The number of nitrogens with zero attached hydrogens (tertiary/aromatic N) is 4. The lowest BCUT2D eigenvalue weighted by Crippen LogP contribution is -2.39. The molecule has 1 rings (SSSR count). The van der Waals surface area contributed by atoms with Gasteiger partial charge >= 0.3 is 6.18 Å². The Hall–Kier alpha value is -1.80. The second-order valence-corrected chi connectivity index (χ2v) is 4.20. The van der Waals surface area contributed by atoms with E-state index >= 15 is 0 Å². The highest BCUT2D eigenvalue weighted by Gasteiger charge is 2.26. The summed E-state index contributed by atoms with van der Waals surface area (Å²) in [4.78, 5) is 3.86. The van der Waals surface area contributed by atoms with Crippen LogP contribution >= 0.6 is 0 Å². The third-order valence-electron chi connectivity index (χ3n) is 2.53. The summed E-state index contributed by atoms with van der Waals surface area (Å²) in [5.41, 5.74) is 0. The van der Waals surface area contributed by atoms with Crippen LogP contribution in [0.5, 0.6) is 0 Å². The van der Waals surface area contributed by atoms with Crippen molar-refractivity contribution in [3.8, 4) is 0 Å². The molecule has 0 aromatic carbocycles. The van der Waals surface area contributed by atoms with Gasteiger partial charge < -0.3 is 15.2 Å². The molecule has 0 fully saturated rings. The van der Waals surface area contributed by atoms with E-state index in [0.717, 1.165) is 19.4 Å². The molecule has 0 amide bonds. The molecule has 0 aliphatic carbocycles. The molecule has 0 bridgehead atoms. The van der Waals surface area contributed by atoms with Gasteiger partial charge in [-0.05, 0) is 12.8 Å². The molecule has 0 atom stereocenters. The zero-order valence-corrected chi connectivity index (χ0v) is 11.3. The molecule has 114 valence electrons. The Balaban J connectivity index is 2.06. The van der Waals surface area contributed by atoms with Gasteiger partial charge in [0.25, 0.3) is 0 Å². The molecule has 20 heavy (non-hydrogen) atoms. The van der Waals surface area contributed by atoms with Crippen molar-refractivity contribution >= 4 is 5.96 Å². The Labute approximate surface area is 115 Å². The van der Waals surface area contributed by atoms with Gasteiger partial charge in [-0.1, -0.05) is 0 Å². The Bertz CT molecular complexity index is 387. The zero-order chi connectivity index (χ0) is 14.8. The number of guanidine groups is 1. The summed E-state index contributed by atoms with van der Waals surface area (Å²) in [7, 11) is 1.53. The first kappa shape index (κ1) is 16.3. The highest BCUT2D eigenvalue weighted by molar-refractivity contribution is 5.79. The van der Waals surface area contributed by atoms with E-state index in [0.29, 0.717) is 12.5 Å². The zero-order valence-electron chi connectivity index (χ0n) is 11.3. The standard InChI is InChI=1S/C11H19F3N6/c1-15-10(17-6-4-11(12,13)14)16-5-2-3-7-20-8-18-19-9-20/h8-9H,2-7H2,1H3,(H2,15,16,17). The van der Waals surface area contributed by atoms with Gasteiger partial charge in [-0.25, -0.2) is 0 Å². The van der Waals surface area contributed by atoms with Gasteiger partial charge in [-0.2, -0.15) is 13.2 Å². The minimum Gasteiger partial charge on any atom is -0.356 e. The Morgan fingerprint density at radius 2 is 1.80 bits per heavy atom. The Kier molecular flexibility index (Phi) is 6.82. The summed E-state index contributed by atoms with van der Waals surface area (Å²) in [5, 5.41) is 13.0. The number of unbranched alkanes of at least 4 members (excludes halogenated alkanes) is 1. The van der Waals surface area contributed by atoms with Gasteiger partial charge in [-0.15, -0.1) is 10.2 Å². The molecule has 1 heterocycles. The number of aliphatic imine (C=N–C) groups is 1. The summed E-state index contributed by atoms with van der Waals surface area (Å²) in [5.74, 6) is 0.388. The number of aromatic nitrogens is 3. The van der Waals surface area contributed by atoms with Crippen LogP contribution in [0.15, 0.2) is 17.6 Å². The number of hydrogen-bond acceptors (Lipinski definition) is 3.